The SMILES string of the molecule is CC/C=C/C(=O)Cc1cccc(Cl)c1. The van der Waals surface area contributed by atoms with Gasteiger partial charge in [-0.15, -0.1) is 0 Å². The van der Waals surface area contributed by atoms with Crippen LogP contribution in [0.25, 0.3) is 0 Å². The molecule has 0 aromatic heterocycles. The van der Waals surface area contributed by atoms with Crippen LogP contribution in [0.2, 0.25) is 5.02 Å². The Morgan fingerprint density at radius 3 is 2.93 bits per heavy atom. The summed E-state index contributed by atoms with van der Waals surface area (Å²) in [4.78, 5) is 11.4. The highest BCUT2D eigenvalue weighted by Gasteiger charge is 1.99. The number of halogens is 1. The van der Waals surface area contributed by atoms with Gasteiger partial charge in [-0.1, -0.05) is 36.7 Å². The van der Waals surface area contributed by atoms with Crippen molar-refractivity contribution in [1.29, 1.82) is 0 Å². The lowest BCUT2D eigenvalue weighted by atomic mass is 10.1. The number of hydrogen-bond donors (Lipinski definition) is 0. The second-order valence-electron chi connectivity index (χ2n) is 3.08. The molecule has 0 radical (unpaired) electrons. The van der Waals surface area contributed by atoms with E-state index in [1.807, 2.05) is 31.2 Å². The molecule has 0 N–H and O–H groups in total. The van der Waals surface area contributed by atoms with Crippen molar-refractivity contribution in [3.05, 3.63) is 47.0 Å². The number of benzene rings is 1. The Labute approximate surface area is 89.4 Å². The Hall–Kier alpha value is -1.08. The van der Waals surface area contributed by atoms with Crippen molar-refractivity contribution in [2.75, 3.05) is 0 Å². The van der Waals surface area contributed by atoms with Crippen LogP contribution in [0, 0.1) is 0 Å². The summed E-state index contributed by atoms with van der Waals surface area (Å²) in [5, 5.41) is 0.676. The molecule has 0 unspecified atom stereocenters. The number of rotatable bonds is 4. The Kier molecular flexibility index (Phi) is 4.41. The second kappa shape index (κ2) is 5.61. The minimum Gasteiger partial charge on any atom is -0.294 e. The summed E-state index contributed by atoms with van der Waals surface area (Å²) in [5.41, 5.74) is 0.961. The quantitative estimate of drug-likeness (QED) is 0.693. The zero-order chi connectivity index (χ0) is 10.4. The summed E-state index contributed by atoms with van der Waals surface area (Å²) in [6, 6.07) is 7.38. The lowest BCUT2D eigenvalue weighted by molar-refractivity contribution is -0.114. The molecule has 0 saturated heterocycles. The smallest absolute Gasteiger partial charge is 0.159 e. The van der Waals surface area contributed by atoms with Crippen LogP contribution in [-0.4, -0.2) is 5.78 Å². The maximum atomic E-state index is 11.4. The van der Waals surface area contributed by atoms with E-state index in [0.717, 1.165) is 12.0 Å². The minimum absolute atomic E-state index is 0.120. The zero-order valence-corrected chi connectivity index (χ0v) is 8.92. The zero-order valence-electron chi connectivity index (χ0n) is 8.16. The Bertz CT molecular complexity index is 342. The molecule has 0 atom stereocenters. The molecule has 0 spiro atoms. The first-order valence-electron chi connectivity index (χ1n) is 4.66. The third kappa shape index (κ3) is 3.75. The van der Waals surface area contributed by atoms with Gasteiger partial charge in [-0.05, 0) is 30.2 Å². The largest absolute Gasteiger partial charge is 0.294 e. The van der Waals surface area contributed by atoms with E-state index in [1.54, 1.807) is 12.1 Å². The van der Waals surface area contributed by atoms with Gasteiger partial charge in [-0.2, -0.15) is 0 Å². The van der Waals surface area contributed by atoms with Crippen molar-refractivity contribution in [3.8, 4) is 0 Å². The predicted octanol–water partition coefficient (Wildman–Crippen LogP) is 3.42. The Morgan fingerprint density at radius 2 is 2.29 bits per heavy atom. The van der Waals surface area contributed by atoms with Gasteiger partial charge >= 0.3 is 0 Å². The van der Waals surface area contributed by atoms with Crippen molar-refractivity contribution in [1.82, 2.24) is 0 Å². The van der Waals surface area contributed by atoms with Crippen LogP contribution in [0.5, 0.6) is 0 Å². The van der Waals surface area contributed by atoms with Gasteiger partial charge in [0.15, 0.2) is 5.78 Å². The normalized spacial score (nSPS) is 10.7. The van der Waals surface area contributed by atoms with Gasteiger partial charge in [-0.25, -0.2) is 0 Å². The maximum Gasteiger partial charge on any atom is 0.159 e. The van der Waals surface area contributed by atoms with Gasteiger partial charge < -0.3 is 0 Å². The molecule has 0 aliphatic rings. The lowest BCUT2D eigenvalue weighted by Crippen LogP contribution is -1.97. The van der Waals surface area contributed by atoms with Crippen molar-refractivity contribution in [3.63, 3.8) is 0 Å². The maximum absolute atomic E-state index is 11.4. The average Bonchev–Trinajstić information content (AvgIpc) is 2.15. The molecule has 0 heterocycles. The van der Waals surface area contributed by atoms with E-state index in [2.05, 4.69) is 0 Å². The van der Waals surface area contributed by atoms with Crippen LogP contribution in [0.3, 0.4) is 0 Å². The molecule has 14 heavy (non-hydrogen) atoms. The molecule has 1 aromatic rings. The molecule has 0 saturated carbocycles. The molecule has 0 amide bonds. The number of allylic oxidation sites excluding steroid dienone is 2. The van der Waals surface area contributed by atoms with E-state index < -0.39 is 0 Å². The standard InChI is InChI=1S/C12H13ClO/c1-2-3-7-12(14)9-10-5-4-6-11(13)8-10/h3-8H,2,9H2,1H3/b7-3+. The molecule has 0 aliphatic carbocycles. The Balaban J connectivity index is 2.60. The second-order valence-corrected chi connectivity index (χ2v) is 3.52. The number of carbonyl (C=O) groups is 1. The van der Waals surface area contributed by atoms with E-state index in [-0.39, 0.29) is 5.78 Å². The summed E-state index contributed by atoms with van der Waals surface area (Å²) in [6.45, 7) is 2.00. The fourth-order valence-electron chi connectivity index (χ4n) is 1.16. The van der Waals surface area contributed by atoms with E-state index >= 15 is 0 Å². The van der Waals surface area contributed by atoms with Gasteiger partial charge in [0, 0.05) is 11.4 Å². The third-order valence-electron chi connectivity index (χ3n) is 1.81. The van der Waals surface area contributed by atoms with Crippen LogP contribution in [0.1, 0.15) is 18.9 Å². The molecule has 74 valence electrons. The number of carbonyl (C=O) groups excluding carboxylic acids is 1. The molecule has 0 aliphatic heterocycles. The molecule has 1 nitrogen and oxygen atoms in total. The molecule has 1 aromatic carbocycles. The van der Waals surface area contributed by atoms with E-state index in [4.69, 9.17) is 11.6 Å². The summed E-state index contributed by atoms with van der Waals surface area (Å²) < 4.78 is 0. The molecule has 2 heteroatoms. The molecule has 0 fully saturated rings. The highest BCUT2D eigenvalue weighted by atomic mass is 35.5. The van der Waals surface area contributed by atoms with Gasteiger partial charge in [0.25, 0.3) is 0 Å². The Morgan fingerprint density at radius 1 is 1.50 bits per heavy atom. The fraction of sp³-hybridized carbons (Fsp3) is 0.250. The summed E-state index contributed by atoms with van der Waals surface area (Å²) >= 11 is 5.80. The van der Waals surface area contributed by atoms with E-state index in [9.17, 15) is 4.79 Å². The van der Waals surface area contributed by atoms with Crippen molar-refractivity contribution in [2.24, 2.45) is 0 Å². The van der Waals surface area contributed by atoms with Gasteiger partial charge in [0.2, 0.25) is 0 Å². The minimum atomic E-state index is 0.120. The highest BCUT2D eigenvalue weighted by molar-refractivity contribution is 6.30. The fourth-order valence-corrected chi connectivity index (χ4v) is 1.37. The third-order valence-corrected chi connectivity index (χ3v) is 2.04. The summed E-state index contributed by atoms with van der Waals surface area (Å²) in [7, 11) is 0. The van der Waals surface area contributed by atoms with Crippen molar-refractivity contribution in [2.45, 2.75) is 19.8 Å². The van der Waals surface area contributed by atoms with Crippen LogP contribution < -0.4 is 0 Å². The molecular weight excluding hydrogens is 196 g/mol. The van der Waals surface area contributed by atoms with Gasteiger partial charge in [0.1, 0.15) is 0 Å². The lowest BCUT2D eigenvalue weighted by Gasteiger charge is -1.97. The number of hydrogen-bond acceptors (Lipinski definition) is 1. The van der Waals surface area contributed by atoms with Gasteiger partial charge in [-0.3, -0.25) is 4.79 Å². The molecular formula is C12H13ClO. The first-order chi connectivity index (χ1) is 6.72. The first-order valence-corrected chi connectivity index (χ1v) is 5.04. The van der Waals surface area contributed by atoms with Crippen LogP contribution in [0.4, 0.5) is 0 Å². The van der Waals surface area contributed by atoms with Crippen LogP contribution in [0.15, 0.2) is 36.4 Å². The molecule has 0 bridgehead atoms. The van der Waals surface area contributed by atoms with Crippen molar-refractivity contribution >= 4 is 17.4 Å². The van der Waals surface area contributed by atoms with E-state index in [1.165, 1.54) is 0 Å². The van der Waals surface area contributed by atoms with E-state index in [0.29, 0.717) is 11.4 Å². The topological polar surface area (TPSA) is 17.1 Å². The highest BCUT2D eigenvalue weighted by Crippen LogP contribution is 2.11. The predicted molar refractivity (Wildman–Crippen MR) is 59.6 cm³/mol. The summed E-state index contributed by atoms with van der Waals surface area (Å²) in [5.74, 6) is 0.120. The van der Waals surface area contributed by atoms with Crippen molar-refractivity contribution < 1.29 is 4.79 Å². The van der Waals surface area contributed by atoms with Crippen LogP contribution >= 0.6 is 11.6 Å². The number of ketones is 1. The summed E-state index contributed by atoms with van der Waals surface area (Å²) in [6.07, 6.45) is 4.81. The average molecular weight is 209 g/mol. The first kappa shape index (κ1) is 11.0. The van der Waals surface area contributed by atoms with Crippen LogP contribution in [-0.2, 0) is 11.2 Å². The molecule has 1 rings (SSSR count). The monoisotopic (exact) mass is 208 g/mol. The van der Waals surface area contributed by atoms with Gasteiger partial charge in [0.05, 0.1) is 0 Å².